The first-order chi connectivity index (χ1) is 12.3. The molecule has 0 saturated heterocycles. The SMILES string of the molecule is CC(C)(C)C(CO)NC(=O)c1cc(-c2c[n+]([O-])ccn2)c2n1CC1CC21. The summed E-state index contributed by atoms with van der Waals surface area (Å²) in [5.41, 5.74) is 2.89. The molecule has 138 valence electrons. The summed E-state index contributed by atoms with van der Waals surface area (Å²) in [5, 5.41) is 24.3. The predicted molar refractivity (Wildman–Crippen MR) is 95.3 cm³/mol. The molecule has 0 radical (unpaired) electrons. The van der Waals surface area contributed by atoms with E-state index in [9.17, 15) is 15.1 Å². The van der Waals surface area contributed by atoms with E-state index in [1.54, 1.807) is 0 Å². The smallest absolute Gasteiger partial charge is 0.268 e. The van der Waals surface area contributed by atoms with Gasteiger partial charge in [-0.1, -0.05) is 20.8 Å². The molecule has 3 heterocycles. The zero-order valence-electron chi connectivity index (χ0n) is 15.3. The molecule has 1 amide bonds. The molecule has 2 aromatic rings. The number of carbonyl (C=O) groups is 1. The Morgan fingerprint density at radius 2 is 2.31 bits per heavy atom. The van der Waals surface area contributed by atoms with E-state index in [0.29, 0.717) is 23.2 Å². The molecular formula is C19H24N4O3. The lowest BCUT2D eigenvalue weighted by atomic mass is 9.87. The molecule has 2 aliphatic rings. The van der Waals surface area contributed by atoms with Crippen LogP contribution in [0.15, 0.2) is 24.7 Å². The fourth-order valence-corrected chi connectivity index (χ4v) is 3.86. The van der Waals surface area contributed by atoms with Crippen LogP contribution in [0.25, 0.3) is 11.3 Å². The van der Waals surface area contributed by atoms with Gasteiger partial charge in [0.15, 0.2) is 6.20 Å². The predicted octanol–water partition coefficient (Wildman–Crippen LogP) is 1.44. The van der Waals surface area contributed by atoms with Gasteiger partial charge in [0.05, 0.1) is 18.8 Å². The van der Waals surface area contributed by atoms with Gasteiger partial charge < -0.3 is 20.2 Å². The highest BCUT2D eigenvalue weighted by atomic mass is 16.5. The summed E-state index contributed by atoms with van der Waals surface area (Å²) in [7, 11) is 0. The minimum Gasteiger partial charge on any atom is -0.619 e. The van der Waals surface area contributed by atoms with E-state index in [1.165, 1.54) is 18.6 Å². The van der Waals surface area contributed by atoms with Crippen molar-refractivity contribution < 1.29 is 14.6 Å². The first-order valence-electron chi connectivity index (χ1n) is 9.00. The Labute approximate surface area is 152 Å². The van der Waals surface area contributed by atoms with Gasteiger partial charge in [0.25, 0.3) is 5.91 Å². The fraction of sp³-hybridized carbons (Fsp3) is 0.526. The van der Waals surface area contributed by atoms with E-state index in [-0.39, 0.29) is 24.0 Å². The van der Waals surface area contributed by atoms with Crippen molar-refractivity contribution in [2.75, 3.05) is 6.61 Å². The molecule has 4 rings (SSSR count). The van der Waals surface area contributed by atoms with Crippen LogP contribution in [0.2, 0.25) is 0 Å². The second-order valence-corrected chi connectivity index (χ2v) is 8.42. The zero-order valence-corrected chi connectivity index (χ0v) is 15.3. The van der Waals surface area contributed by atoms with Gasteiger partial charge >= 0.3 is 0 Å². The monoisotopic (exact) mass is 356 g/mol. The minimum atomic E-state index is -0.334. The van der Waals surface area contributed by atoms with E-state index in [2.05, 4.69) is 14.9 Å². The number of hydrogen-bond donors (Lipinski definition) is 2. The van der Waals surface area contributed by atoms with E-state index in [4.69, 9.17) is 0 Å². The fourth-order valence-electron chi connectivity index (χ4n) is 3.86. The maximum atomic E-state index is 12.9. The van der Waals surface area contributed by atoms with Crippen LogP contribution in [-0.4, -0.2) is 33.2 Å². The number of fused-ring (bicyclic) bond motifs is 3. The molecule has 0 aromatic carbocycles. The van der Waals surface area contributed by atoms with Crippen molar-refractivity contribution in [2.45, 2.75) is 45.7 Å². The second kappa shape index (κ2) is 5.81. The molecule has 1 aliphatic carbocycles. The van der Waals surface area contributed by atoms with Crippen molar-refractivity contribution in [1.82, 2.24) is 14.9 Å². The number of aromatic nitrogens is 3. The molecule has 0 bridgehead atoms. The molecule has 2 aromatic heterocycles. The van der Waals surface area contributed by atoms with Crippen LogP contribution in [0, 0.1) is 16.5 Å². The Bertz CT molecular complexity index is 868. The van der Waals surface area contributed by atoms with E-state index in [0.717, 1.165) is 29.0 Å². The summed E-state index contributed by atoms with van der Waals surface area (Å²) in [4.78, 5) is 17.2. The third-order valence-electron chi connectivity index (χ3n) is 5.55. The number of nitrogens with one attached hydrogen (secondary N) is 1. The number of hydrogen-bond acceptors (Lipinski definition) is 4. The lowest BCUT2D eigenvalue weighted by Gasteiger charge is -2.29. The third-order valence-corrected chi connectivity index (χ3v) is 5.55. The van der Waals surface area contributed by atoms with Crippen molar-refractivity contribution in [3.05, 3.63) is 41.3 Å². The molecule has 3 atom stereocenters. The van der Waals surface area contributed by atoms with Gasteiger partial charge in [-0.15, -0.1) is 0 Å². The largest absolute Gasteiger partial charge is 0.619 e. The average Bonchev–Trinajstić information content (AvgIpc) is 3.07. The quantitative estimate of drug-likeness (QED) is 0.640. The van der Waals surface area contributed by atoms with Crippen molar-refractivity contribution in [1.29, 1.82) is 0 Å². The van der Waals surface area contributed by atoms with Crippen molar-refractivity contribution in [2.24, 2.45) is 11.3 Å². The number of rotatable bonds is 4. The average molecular weight is 356 g/mol. The molecule has 1 saturated carbocycles. The number of aliphatic hydroxyl groups is 1. The zero-order chi connectivity index (χ0) is 18.6. The number of carbonyl (C=O) groups excluding carboxylic acids is 1. The van der Waals surface area contributed by atoms with Crippen molar-refractivity contribution in [3.63, 3.8) is 0 Å². The van der Waals surface area contributed by atoms with E-state index < -0.39 is 0 Å². The summed E-state index contributed by atoms with van der Waals surface area (Å²) < 4.78 is 2.79. The van der Waals surface area contributed by atoms with Crippen LogP contribution in [0.1, 0.15) is 49.3 Å². The van der Waals surface area contributed by atoms with Crippen LogP contribution >= 0.6 is 0 Å². The molecule has 7 nitrogen and oxygen atoms in total. The van der Waals surface area contributed by atoms with Crippen LogP contribution in [0.3, 0.4) is 0 Å². The molecule has 1 fully saturated rings. The number of aliphatic hydroxyl groups excluding tert-OH is 1. The Balaban J connectivity index is 1.71. The van der Waals surface area contributed by atoms with Crippen LogP contribution < -0.4 is 10.0 Å². The summed E-state index contributed by atoms with van der Waals surface area (Å²) in [5.74, 6) is 0.833. The molecule has 3 unspecified atom stereocenters. The van der Waals surface area contributed by atoms with Gasteiger partial charge in [0.1, 0.15) is 11.4 Å². The summed E-state index contributed by atoms with van der Waals surface area (Å²) in [6.07, 6.45) is 5.40. The molecule has 26 heavy (non-hydrogen) atoms. The topological polar surface area (TPSA) is 94.1 Å². The highest BCUT2D eigenvalue weighted by Gasteiger charge is 2.49. The normalized spacial score (nSPS) is 21.8. The van der Waals surface area contributed by atoms with Crippen molar-refractivity contribution in [3.8, 4) is 11.3 Å². The second-order valence-electron chi connectivity index (χ2n) is 8.42. The lowest BCUT2D eigenvalue weighted by Crippen LogP contribution is -2.46. The van der Waals surface area contributed by atoms with Crippen LogP contribution in [0.4, 0.5) is 0 Å². The summed E-state index contributed by atoms with van der Waals surface area (Å²) in [6.45, 7) is 6.66. The molecule has 0 spiro atoms. The summed E-state index contributed by atoms with van der Waals surface area (Å²) >= 11 is 0. The van der Waals surface area contributed by atoms with Crippen LogP contribution in [0.5, 0.6) is 0 Å². The molecule has 7 heteroatoms. The van der Waals surface area contributed by atoms with Crippen molar-refractivity contribution >= 4 is 5.91 Å². The Morgan fingerprint density at radius 3 is 2.96 bits per heavy atom. The standard InChI is InChI=1S/C19H24N4O3/c1-19(2,3)16(10-24)21-18(25)15-7-13(14-9-22(26)5-4-20-14)17-12-6-11(12)8-23(15)17/h4-5,7,9,11-12,16,24H,6,8,10H2,1-3H3,(H,21,25). The lowest BCUT2D eigenvalue weighted by molar-refractivity contribution is -0.605. The van der Waals surface area contributed by atoms with Gasteiger partial charge in [-0.2, -0.15) is 4.73 Å². The maximum absolute atomic E-state index is 12.9. The van der Waals surface area contributed by atoms with E-state index in [1.807, 2.05) is 26.8 Å². The van der Waals surface area contributed by atoms with Gasteiger partial charge in [-0.3, -0.25) is 4.79 Å². The molecule has 2 N–H and O–H groups in total. The first kappa shape index (κ1) is 17.0. The van der Waals surface area contributed by atoms with E-state index >= 15 is 0 Å². The third kappa shape index (κ3) is 2.76. The Kier molecular flexibility index (Phi) is 3.80. The Morgan fingerprint density at radius 1 is 1.54 bits per heavy atom. The van der Waals surface area contributed by atoms with Gasteiger partial charge in [-0.05, 0) is 23.8 Å². The van der Waals surface area contributed by atoms with Crippen LogP contribution in [-0.2, 0) is 6.54 Å². The molecular weight excluding hydrogens is 332 g/mol. The highest BCUT2D eigenvalue weighted by Crippen LogP contribution is 2.56. The van der Waals surface area contributed by atoms with Gasteiger partial charge in [-0.25, -0.2) is 4.98 Å². The minimum absolute atomic E-state index is 0.114. The Hall–Kier alpha value is -2.41. The highest BCUT2D eigenvalue weighted by molar-refractivity contribution is 5.95. The van der Waals surface area contributed by atoms with Gasteiger partial charge in [0, 0.05) is 23.7 Å². The van der Waals surface area contributed by atoms with Gasteiger partial charge in [0.2, 0.25) is 6.20 Å². The number of amides is 1. The maximum Gasteiger partial charge on any atom is 0.268 e. The first-order valence-corrected chi connectivity index (χ1v) is 9.00. The molecule has 1 aliphatic heterocycles. The summed E-state index contributed by atoms with van der Waals surface area (Å²) in [6, 6.07) is 1.50. The number of nitrogens with zero attached hydrogens (tertiary/aromatic N) is 3.